The van der Waals surface area contributed by atoms with Gasteiger partial charge in [0.15, 0.2) is 0 Å². The van der Waals surface area contributed by atoms with Crippen LogP contribution in [-0.4, -0.2) is 43.2 Å². The van der Waals surface area contributed by atoms with Gasteiger partial charge in [-0.25, -0.2) is 4.79 Å². The molecule has 0 spiro atoms. The van der Waals surface area contributed by atoms with Gasteiger partial charge < -0.3 is 15.6 Å². The van der Waals surface area contributed by atoms with Gasteiger partial charge in [-0.15, -0.1) is 0 Å². The van der Waals surface area contributed by atoms with Gasteiger partial charge in [-0.05, 0) is 22.9 Å². The first kappa shape index (κ1) is 18.4. The molecule has 5 N–H and O–H groups in total. The molecule has 0 fully saturated rings. The second-order valence-electron chi connectivity index (χ2n) is 4.53. The van der Waals surface area contributed by atoms with Crippen molar-refractivity contribution in [1.29, 1.82) is 5.41 Å². The lowest BCUT2D eigenvalue weighted by Gasteiger charge is -2.08. The summed E-state index contributed by atoms with van der Waals surface area (Å²) >= 11 is 0. The first-order chi connectivity index (χ1) is 10.5. The minimum Gasteiger partial charge on any atom is -0.507 e. The lowest BCUT2D eigenvalue weighted by Crippen LogP contribution is -2.11. The summed E-state index contributed by atoms with van der Waals surface area (Å²) in [5.74, 6) is -0.789. The molecule has 0 atom stereocenters. The highest BCUT2D eigenvalue weighted by molar-refractivity contribution is 7.85. The Hall–Kier alpha value is -2.65. The van der Waals surface area contributed by atoms with Crippen LogP contribution >= 0.6 is 0 Å². The Kier molecular flexibility index (Phi) is 5.66. The molecule has 0 radical (unpaired) electrons. The summed E-state index contributed by atoms with van der Waals surface area (Å²) in [7, 11) is -2.41. The van der Waals surface area contributed by atoms with Crippen LogP contribution in [0.2, 0.25) is 0 Å². The van der Waals surface area contributed by atoms with Gasteiger partial charge in [-0.1, -0.05) is 18.2 Å². The average Bonchev–Trinajstić information content (AvgIpc) is 2.44. The third kappa shape index (κ3) is 5.24. The molecule has 9 heteroatoms. The van der Waals surface area contributed by atoms with Crippen LogP contribution in [-0.2, 0) is 14.9 Å². The molecule has 0 saturated heterocycles. The van der Waals surface area contributed by atoms with Gasteiger partial charge in [0.05, 0.1) is 13.4 Å². The van der Waals surface area contributed by atoms with Crippen molar-refractivity contribution in [3.05, 3.63) is 41.5 Å². The number of amidine groups is 1. The predicted molar refractivity (Wildman–Crippen MR) is 85.4 cm³/mol. The fourth-order valence-corrected chi connectivity index (χ4v) is 1.80. The number of fused-ring (bicyclic) bond motifs is 1. The summed E-state index contributed by atoms with van der Waals surface area (Å²) in [6.07, 6.45) is 0.715. The largest absolute Gasteiger partial charge is 0.507 e. The molecule has 0 aliphatic rings. The number of hydrogen-bond donors (Lipinski definition) is 4. The van der Waals surface area contributed by atoms with Crippen molar-refractivity contribution in [2.75, 3.05) is 13.4 Å². The zero-order valence-electron chi connectivity index (χ0n) is 12.4. The molecule has 0 heterocycles. The highest BCUT2D eigenvalue weighted by Crippen LogP contribution is 2.28. The Labute approximate surface area is 132 Å². The molecule has 0 unspecified atom stereocenters. The minimum atomic E-state index is -3.67. The molecule has 0 aliphatic carbocycles. The summed E-state index contributed by atoms with van der Waals surface area (Å²) in [4.78, 5) is 11.6. The molecule has 2 aromatic rings. The number of methoxy groups -OCH3 is 1. The van der Waals surface area contributed by atoms with E-state index in [1.807, 2.05) is 0 Å². The quantitative estimate of drug-likeness (QED) is 0.277. The zero-order chi connectivity index (χ0) is 17.8. The molecule has 23 heavy (non-hydrogen) atoms. The van der Waals surface area contributed by atoms with E-state index in [1.54, 1.807) is 24.3 Å². The van der Waals surface area contributed by atoms with E-state index in [9.17, 15) is 18.3 Å². The van der Waals surface area contributed by atoms with Crippen molar-refractivity contribution >= 4 is 32.7 Å². The summed E-state index contributed by atoms with van der Waals surface area (Å²) in [5.41, 5.74) is 6.08. The van der Waals surface area contributed by atoms with Crippen LogP contribution in [0.1, 0.15) is 15.9 Å². The normalized spacial score (nSPS) is 10.6. The summed E-state index contributed by atoms with van der Waals surface area (Å²) in [6, 6.07) is 8.01. The van der Waals surface area contributed by atoms with E-state index in [-0.39, 0.29) is 17.1 Å². The summed E-state index contributed by atoms with van der Waals surface area (Å²) in [5, 5.41) is 18.4. The number of rotatable bonds is 2. The van der Waals surface area contributed by atoms with Crippen molar-refractivity contribution in [3.8, 4) is 5.75 Å². The van der Waals surface area contributed by atoms with Gasteiger partial charge in [0.25, 0.3) is 10.1 Å². The maximum atomic E-state index is 11.6. The van der Waals surface area contributed by atoms with Gasteiger partial charge in [0.2, 0.25) is 0 Å². The van der Waals surface area contributed by atoms with Crippen molar-refractivity contribution < 1.29 is 27.6 Å². The van der Waals surface area contributed by atoms with E-state index in [0.717, 1.165) is 0 Å². The van der Waals surface area contributed by atoms with Crippen molar-refractivity contribution in [3.63, 3.8) is 0 Å². The van der Waals surface area contributed by atoms with Crippen LogP contribution in [0, 0.1) is 5.41 Å². The number of hydrogen-bond acceptors (Lipinski definition) is 6. The highest BCUT2D eigenvalue weighted by atomic mass is 32.2. The van der Waals surface area contributed by atoms with Crippen molar-refractivity contribution in [2.24, 2.45) is 5.73 Å². The number of phenols is 1. The van der Waals surface area contributed by atoms with E-state index in [4.69, 9.17) is 15.7 Å². The van der Waals surface area contributed by atoms with Gasteiger partial charge in [-0.2, -0.15) is 8.42 Å². The van der Waals surface area contributed by atoms with Crippen molar-refractivity contribution in [2.45, 2.75) is 0 Å². The van der Waals surface area contributed by atoms with Gasteiger partial charge in [0.1, 0.15) is 17.1 Å². The standard InChI is InChI=1S/C13H12N2O3.CH4O3S/c1-18-13(17)11-9-4-2-8(12(14)15)6-7(9)3-5-10(11)16;1-5(2,3)4/h2-6,16H,1H3,(H3,14,15);1H3,(H,2,3,4). The fraction of sp³-hybridized carbons (Fsp3) is 0.143. The number of nitrogen functional groups attached to an aromatic ring is 1. The van der Waals surface area contributed by atoms with Crippen LogP contribution in [0.4, 0.5) is 0 Å². The van der Waals surface area contributed by atoms with Crippen molar-refractivity contribution in [1.82, 2.24) is 0 Å². The second-order valence-corrected chi connectivity index (χ2v) is 6.00. The number of carbonyl (C=O) groups excluding carboxylic acids is 1. The molecule has 0 saturated carbocycles. The average molecular weight is 340 g/mol. The van der Waals surface area contributed by atoms with Gasteiger partial charge >= 0.3 is 5.97 Å². The third-order valence-electron chi connectivity index (χ3n) is 2.70. The number of ether oxygens (including phenoxy) is 1. The SMILES string of the molecule is COC(=O)c1c(O)ccc2cc(C(=N)N)ccc12.CS(=O)(=O)O. The Morgan fingerprint density at radius 1 is 1.26 bits per heavy atom. The molecule has 8 nitrogen and oxygen atoms in total. The first-order valence-corrected chi connectivity index (χ1v) is 8.00. The number of phenolic OH excluding ortho intramolecular Hbond substituents is 1. The molecule has 2 rings (SSSR count). The third-order valence-corrected chi connectivity index (χ3v) is 2.70. The summed E-state index contributed by atoms with van der Waals surface area (Å²) in [6.45, 7) is 0. The molecule has 124 valence electrons. The molecule has 0 aromatic heterocycles. The molecule has 0 amide bonds. The Morgan fingerprint density at radius 3 is 2.30 bits per heavy atom. The number of nitrogens with two attached hydrogens (primary N) is 1. The van der Waals surface area contributed by atoms with E-state index >= 15 is 0 Å². The molecular formula is C14H16N2O6S. The predicted octanol–water partition coefficient (Wildman–Crippen LogP) is 1.12. The molecule has 2 aromatic carbocycles. The monoisotopic (exact) mass is 340 g/mol. The van der Waals surface area contributed by atoms with Gasteiger partial charge in [-0.3, -0.25) is 9.96 Å². The Morgan fingerprint density at radius 2 is 1.83 bits per heavy atom. The van der Waals surface area contributed by atoms with Crippen LogP contribution in [0.15, 0.2) is 30.3 Å². The number of nitrogens with one attached hydrogen (secondary N) is 1. The number of esters is 1. The maximum Gasteiger partial charge on any atom is 0.342 e. The number of aromatic hydroxyl groups is 1. The molecular weight excluding hydrogens is 324 g/mol. The lowest BCUT2D eigenvalue weighted by molar-refractivity contribution is 0.0600. The first-order valence-electron chi connectivity index (χ1n) is 6.15. The second kappa shape index (κ2) is 7.07. The van der Waals surface area contributed by atoms with E-state index < -0.39 is 16.1 Å². The van der Waals surface area contributed by atoms with Crippen LogP contribution in [0.3, 0.4) is 0 Å². The topological polar surface area (TPSA) is 151 Å². The van der Waals surface area contributed by atoms with E-state index in [2.05, 4.69) is 4.74 Å². The van der Waals surface area contributed by atoms with Crippen LogP contribution < -0.4 is 5.73 Å². The highest BCUT2D eigenvalue weighted by Gasteiger charge is 2.16. The van der Waals surface area contributed by atoms with Crippen LogP contribution in [0.5, 0.6) is 5.75 Å². The molecule has 0 bridgehead atoms. The Bertz CT molecular complexity index is 853. The van der Waals surface area contributed by atoms with Crippen LogP contribution in [0.25, 0.3) is 10.8 Å². The maximum absolute atomic E-state index is 11.6. The van der Waals surface area contributed by atoms with E-state index in [0.29, 0.717) is 22.6 Å². The van der Waals surface area contributed by atoms with Gasteiger partial charge in [0, 0.05) is 5.56 Å². The number of benzene rings is 2. The number of carbonyl (C=O) groups is 1. The fourth-order valence-electron chi connectivity index (χ4n) is 1.80. The molecule has 0 aliphatic heterocycles. The Balaban J connectivity index is 0.000000463. The zero-order valence-corrected chi connectivity index (χ0v) is 13.2. The van der Waals surface area contributed by atoms with E-state index in [1.165, 1.54) is 13.2 Å². The minimum absolute atomic E-state index is 0.0513. The summed E-state index contributed by atoms with van der Waals surface area (Å²) < 4.78 is 30.5. The lowest BCUT2D eigenvalue weighted by atomic mass is 10.0. The smallest absolute Gasteiger partial charge is 0.342 e.